The fourth-order valence-corrected chi connectivity index (χ4v) is 5.62. The molecule has 4 aromatic rings. The van der Waals surface area contributed by atoms with Crippen molar-refractivity contribution in [3.8, 4) is 51.1 Å². The van der Waals surface area contributed by atoms with E-state index in [0.29, 0.717) is 17.5 Å². The quantitative estimate of drug-likeness (QED) is 0.341. The van der Waals surface area contributed by atoms with Crippen LogP contribution in [0.2, 0.25) is 0 Å². The fraction of sp³-hybridized carbons (Fsp3) is 0.357. The first-order valence-electron chi connectivity index (χ1n) is 11.7. The molecular weight excluding hydrogens is 442 g/mol. The highest BCUT2D eigenvalue weighted by atomic mass is 16.5. The van der Waals surface area contributed by atoms with Crippen LogP contribution in [0.25, 0.3) is 33.8 Å². The van der Waals surface area contributed by atoms with Gasteiger partial charge in [0.05, 0.1) is 32.6 Å². The van der Waals surface area contributed by atoms with Gasteiger partial charge in [-0.1, -0.05) is 5.16 Å². The molecule has 1 aliphatic heterocycles. The molecule has 1 atom stereocenters. The van der Waals surface area contributed by atoms with Gasteiger partial charge in [-0.2, -0.15) is 4.98 Å². The lowest BCUT2D eigenvalue weighted by molar-refractivity contribution is 0.354. The molecule has 182 valence electrons. The van der Waals surface area contributed by atoms with Gasteiger partial charge in [-0.25, -0.2) is 0 Å². The number of methoxy groups -OCH3 is 3. The summed E-state index contributed by atoms with van der Waals surface area (Å²) < 4.78 is 25.1. The molecule has 0 saturated heterocycles. The van der Waals surface area contributed by atoms with Gasteiger partial charge in [0.1, 0.15) is 5.75 Å². The standard InChI is InChI=1S/C28H31N3O4/c1-14-9-20(10-15(2)27(14)34-8)24-17(4)31-16(3)11-19-12-22(32-6)23(33-7)13-21(19)26(31)25(24)28-29-18(5)30-35-28/h9-10,12-13,16H,11H2,1-8H3. The highest BCUT2D eigenvalue weighted by Gasteiger charge is 2.34. The van der Waals surface area contributed by atoms with Crippen LogP contribution in [0.4, 0.5) is 0 Å². The molecule has 7 nitrogen and oxygen atoms in total. The molecule has 35 heavy (non-hydrogen) atoms. The Morgan fingerprint density at radius 3 is 2.11 bits per heavy atom. The van der Waals surface area contributed by atoms with Crippen molar-refractivity contribution >= 4 is 0 Å². The first kappa shape index (κ1) is 23.0. The first-order chi connectivity index (χ1) is 16.8. The molecule has 0 aliphatic carbocycles. The zero-order chi connectivity index (χ0) is 25.0. The smallest absolute Gasteiger partial charge is 0.260 e. The molecule has 0 N–H and O–H groups in total. The minimum atomic E-state index is 0.229. The van der Waals surface area contributed by atoms with Crippen molar-refractivity contribution in [1.82, 2.24) is 14.7 Å². The van der Waals surface area contributed by atoms with E-state index in [1.807, 2.05) is 6.92 Å². The number of rotatable bonds is 5. The molecule has 7 heteroatoms. The number of hydrogen-bond donors (Lipinski definition) is 0. The third kappa shape index (κ3) is 3.49. The second-order valence-electron chi connectivity index (χ2n) is 9.26. The summed E-state index contributed by atoms with van der Waals surface area (Å²) in [6.45, 7) is 10.4. The summed E-state index contributed by atoms with van der Waals surface area (Å²) in [7, 11) is 5.04. The summed E-state index contributed by atoms with van der Waals surface area (Å²) in [5.41, 5.74) is 9.79. The lowest BCUT2D eigenvalue weighted by Gasteiger charge is -2.28. The number of aryl methyl sites for hydroxylation is 3. The average molecular weight is 474 g/mol. The molecule has 0 radical (unpaired) electrons. The van der Waals surface area contributed by atoms with Crippen molar-refractivity contribution < 1.29 is 18.7 Å². The van der Waals surface area contributed by atoms with Crippen molar-refractivity contribution in [2.24, 2.45) is 0 Å². The van der Waals surface area contributed by atoms with Gasteiger partial charge in [0, 0.05) is 22.9 Å². The van der Waals surface area contributed by atoms with E-state index in [2.05, 4.69) is 66.7 Å². The Morgan fingerprint density at radius 2 is 1.54 bits per heavy atom. The molecular formula is C28H31N3O4. The lowest BCUT2D eigenvalue weighted by atomic mass is 9.90. The molecule has 0 amide bonds. The van der Waals surface area contributed by atoms with E-state index in [0.717, 1.165) is 62.7 Å². The topological polar surface area (TPSA) is 71.5 Å². The number of fused-ring (bicyclic) bond motifs is 3. The van der Waals surface area contributed by atoms with Crippen LogP contribution in [0.15, 0.2) is 28.8 Å². The molecule has 2 aromatic carbocycles. The van der Waals surface area contributed by atoms with Gasteiger partial charge in [-0.15, -0.1) is 0 Å². The van der Waals surface area contributed by atoms with Crippen LogP contribution in [0, 0.1) is 27.7 Å². The highest BCUT2D eigenvalue weighted by molar-refractivity contribution is 5.95. The van der Waals surface area contributed by atoms with Gasteiger partial charge >= 0.3 is 0 Å². The van der Waals surface area contributed by atoms with E-state index in [-0.39, 0.29) is 6.04 Å². The largest absolute Gasteiger partial charge is 0.496 e. The minimum absolute atomic E-state index is 0.229. The number of aromatic nitrogens is 3. The van der Waals surface area contributed by atoms with Crippen LogP contribution >= 0.6 is 0 Å². The van der Waals surface area contributed by atoms with Crippen molar-refractivity contribution in [1.29, 1.82) is 0 Å². The van der Waals surface area contributed by atoms with Crippen molar-refractivity contribution in [2.75, 3.05) is 21.3 Å². The summed E-state index contributed by atoms with van der Waals surface area (Å²) in [4.78, 5) is 4.67. The first-order valence-corrected chi connectivity index (χ1v) is 11.7. The SMILES string of the molecule is COc1cc2c(cc1OC)-c1c(-c3nc(C)no3)c(-c3cc(C)c(OC)c(C)c3)c(C)n1C(C)C2. The maximum Gasteiger partial charge on any atom is 0.260 e. The Kier molecular flexibility index (Phi) is 5.58. The minimum Gasteiger partial charge on any atom is -0.496 e. The van der Waals surface area contributed by atoms with Crippen LogP contribution in [-0.2, 0) is 6.42 Å². The average Bonchev–Trinajstić information content (AvgIpc) is 3.39. The predicted octanol–water partition coefficient (Wildman–Crippen LogP) is 6.25. The molecule has 3 heterocycles. The Balaban J connectivity index is 1.89. The fourth-order valence-electron chi connectivity index (χ4n) is 5.62. The van der Waals surface area contributed by atoms with Crippen molar-refractivity contribution in [3.05, 3.63) is 52.5 Å². The van der Waals surface area contributed by atoms with Crippen LogP contribution < -0.4 is 14.2 Å². The maximum absolute atomic E-state index is 5.79. The van der Waals surface area contributed by atoms with Crippen LogP contribution in [0.5, 0.6) is 17.2 Å². The van der Waals surface area contributed by atoms with E-state index < -0.39 is 0 Å². The molecule has 1 unspecified atom stereocenters. The third-order valence-corrected chi connectivity index (χ3v) is 6.97. The lowest BCUT2D eigenvalue weighted by Crippen LogP contribution is -2.17. The Hall–Kier alpha value is -3.74. The van der Waals surface area contributed by atoms with Crippen molar-refractivity contribution in [2.45, 2.75) is 47.1 Å². The van der Waals surface area contributed by atoms with Gasteiger partial charge in [0.25, 0.3) is 5.89 Å². The number of ether oxygens (including phenoxy) is 3. The number of hydrogen-bond acceptors (Lipinski definition) is 6. The Bertz CT molecular complexity index is 1420. The molecule has 1 aliphatic rings. The second-order valence-corrected chi connectivity index (χ2v) is 9.26. The molecule has 5 rings (SSSR count). The normalized spacial score (nSPS) is 14.5. The predicted molar refractivity (Wildman–Crippen MR) is 136 cm³/mol. The van der Waals surface area contributed by atoms with Crippen LogP contribution in [0.1, 0.15) is 41.2 Å². The van der Waals surface area contributed by atoms with Gasteiger partial charge in [0.15, 0.2) is 17.3 Å². The molecule has 0 fully saturated rings. The summed E-state index contributed by atoms with van der Waals surface area (Å²) in [5, 5.41) is 4.12. The van der Waals surface area contributed by atoms with Gasteiger partial charge in [-0.3, -0.25) is 0 Å². The summed E-state index contributed by atoms with van der Waals surface area (Å²) in [6, 6.07) is 8.72. The van der Waals surface area contributed by atoms with E-state index in [9.17, 15) is 0 Å². The number of benzene rings is 2. The van der Waals surface area contributed by atoms with Crippen LogP contribution in [-0.4, -0.2) is 36.0 Å². The molecule has 2 aromatic heterocycles. The van der Waals surface area contributed by atoms with E-state index in [1.165, 1.54) is 5.56 Å². The van der Waals surface area contributed by atoms with Crippen LogP contribution in [0.3, 0.4) is 0 Å². The Labute approximate surface area is 205 Å². The van der Waals surface area contributed by atoms with Gasteiger partial charge < -0.3 is 23.3 Å². The summed E-state index contributed by atoms with van der Waals surface area (Å²) in [5.74, 6) is 3.43. The maximum atomic E-state index is 5.79. The summed E-state index contributed by atoms with van der Waals surface area (Å²) >= 11 is 0. The van der Waals surface area contributed by atoms with Gasteiger partial charge in [-0.05, 0) is 87.6 Å². The molecule has 0 spiro atoms. The van der Waals surface area contributed by atoms with Gasteiger partial charge in [0.2, 0.25) is 0 Å². The third-order valence-electron chi connectivity index (χ3n) is 6.97. The Morgan fingerprint density at radius 1 is 0.886 bits per heavy atom. The monoisotopic (exact) mass is 473 g/mol. The zero-order valence-electron chi connectivity index (χ0n) is 21.6. The zero-order valence-corrected chi connectivity index (χ0v) is 21.6. The summed E-state index contributed by atoms with van der Waals surface area (Å²) in [6.07, 6.45) is 0.876. The second kappa shape index (κ2) is 8.48. The van der Waals surface area contributed by atoms with E-state index in [4.69, 9.17) is 18.7 Å². The molecule has 0 saturated carbocycles. The van der Waals surface area contributed by atoms with E-state index in [1.54, 1.807) is 21.3 Å². The molecule has 0 bridgehead atoms. The number of nitrogens with zero attached hydrogens (tertiary/aromatic N) is 3. The highest BCUT2D eigenvalue weighted by Crippen LogP contribution is 2.51. The van der Waals surface area contributed by atoms with E-state index >= 15 is 0 Å². The van der Waals surface area contributed by atoms with Crippen molar-refractivity contribution in [3.63, 3.8) is 0 Å².